The molecule has 5 nitrogen and oxygen atoms in total. The zero-order valence-corrected chi connectivity index (χ0v) is 12.7. The van der Waals surface area contributed by atoms with Gasteiger partial charge in [0.05, 0.1) is 5.54 Å². The van der Waals surface area contributed by atoms with Gasteiger partial charge in [-0.05, 0) is 32.9 Å². The molecule has 2 rings (SSSR count). The lowest BCUT2D eigenvalue weighted by atomic mass is 9.99. The van der Waals surface area contributed by atoms with E-state index in [9.17, 15) is 4.79 Å². The van der Waals surface area contributed by atoms with Crippen molar-refractivity contribution in [2.24, 2.45) is 5.73 Å². The smallest absolute Gasteiger partial charge is 0.219 e. The highest BCUT2D eigenvalue weighted by molar-refractivity contribution is 6.17. The maximum absolute atomic E-state index is 11.3. The fourth-order valence-electron chi connectivity index (χ4n) is 2.49. The molecule has 0 fully saturated rings. The molecular formula is C14H19ClN4O. The molecule has 108 valence electrons. The monoisotopic (exact) mass is 294 g/mol. The van der Waals surface area contributed by atoms with Crippen LogP contribution in [0.15, 0.2) is 12.1 Å². The minimum Gasteiger partial charge on any atom is -0.370 e. The van der Waals surface area contributed by atoms with Crippen LogP contribution in [0.3, 0.4) is 0 Å². The summed E-state index contributed by atoms with van der Waals surface area (Å²) in [5.41, 5.74) is 7.38. The maximum Gasteiger partial charge on any atom is 0.219 e. The fraction of sp³-hybridized carbons (Fsp3) is 0.500. The summed E-state index contributed by atoms with van der Waals surface area (Å²) in [5, 5.41) is 0. The number of carbonyl (C=O) groups is 1. The molecule has 20 heavy (non-hydrogen) atoms. The zero-order valence-electron chi connectivity index (χ0n) is 12.0. The minimum atomic E-state index is -0.483. The fourth-order valence-corrected chi connectivity index (χ4v) is 2.66. The number of hydrogen-bond acceptors (Lipinski definition) is 3. The average molecular weight is 295 g/mol. The lowest BCUT2D eigenvalue weighted by molar-refractivity contribution is -0.119. The molecule has 0 aromatic carbocycles. The molecule has 2 aromatic rings. The van der Waals surface area contributed by atoms with Crippen LogP contribution in [-0.4, -0.2) is 26.3 Å². The molecule has 0 spiro atoms. The summed E-state index contributed by atoms with van der Waals surface area (Å²) < 4.78 is 1.99. The van der Waals surface area contributed by atoms with Gasteiger partial charge < -0.3 is 10.3 Å². The highest BCUT2D eigenvalue weighted by atomic mass is 35.5. The lowest BCUT2D eigenvalue weighted by Gasteiger charge is -2.27. The average Bonchev–Trinajstić information content (AvgIpc) is 2.65. The van der Waals surface area contributed by atoms with Crippen LogP contribution >= 0.6 is 11.6 Å². The van der Waals surface area contributed by atoms with E-state index in [2.05, 4.69) is 9.97 Å². The highest BCUT2D eigenvalue weighted by Crippen LogP contribution is 2.27. The van der Waals surface area contributed by atoms with Gasteiger partial charge in [-0.2, -0.15) is 0 Å². The number of fused-ring (bicyclic) bond motifs is 1. The third-order valence-electron chi connectivity index (χ3n) is 3.24. The Hall–Kier alpha value is -1.62. The molecule has 0 unspecified atom stereocenters. The molecule has 0 radical (unpaired) electrons. The van der Waals surface area contributed by atoms with Crippen LogP contribution < -0.4 is 5.73 Å². The number of pyridine rings is 1. The van der Waals surface area contributed by atoms with Crippen LogP contribution in [0.5, 0.6) is 0 Å². The standard InChI is InChI=1S/C14H19ClN4O/c1-9-4-5-10-13(17-9)19(12(18-10)6-7-15)14(2,3)8-11(16)20/h4-5H,6-8H2,1-3H3,(H2,16,20). The Morgan fingerprint density at radius 2 is 2.10 bits per heavy atom. The van der Waals surface area contributed by atoms with Gasteiger partial charge in [0.1, 0.15) is 11.3 Å². The highest BCUT2D eigenvalue weighted by Gasteiger charge is 2.28. The molecule has 0 atom stereocenters. The molecule has 6 heteroatoms. The minimum absolute atomic E-state index is 0.226. The van der Waals surface area contributed by atoms with Crippen LogP contribution in [0.2, 0.25) is 0 Å². The predicted molar refractivity (Wildman–Crippen MR) is 79.8 cm³/mol. The molecule has 0 bridgehead atoms. The third-order valence-corrected chi connectivity index (χ3v) is 3.43. The molecule has 1 amide bonds. The van der Waals surface area contributed by atoms with E-state index in [1.54, 1.807) is 0 Å². The quantitative estimate of drug-likeness (QED) is 0.859. The second-order valence-corrected chi connectivity index (χ2v) is 5.93. The molecule has 2 aromatic heterocycles. The number of aryl methyl sites for hydroxylation is 2. The number of nitrogens with two attached hydrogens (primary N) is 1. The van der Waals surface area contributed by atoms with Crippen molar-refractivity contribution in [3.05, 3.63) is 23.7 Å². The Morgan fingerprint density at radius 3 is 2.70 bits per heavy atom. The lowest BCUT2D eigenvalue weighted by Crippen LogP contribution is -2.33. The molecular weight excluding hydrogens is 276 g/mol. The van der Waals surface area contributed by atoms with Crippen molar-refractivity contribution in [1.29, 1.82) is 0 Å². The van der Waals surface area contributed by atoms with Gasteiger partial charge in [0.2, 0.25) is 5.91 Å². The maximum atomic E-state index is 11.3. The van der Waals surface area contributed by atoms with Gasteiger partial charge in [-0.3, -0.25) is 4.79 Å². The summed E-state index contributed by atoms with van der Waals surface area (Å²) in [6.45, 7) is 5.85. The molecule has 2 heterocycles. The van der Waals surface area contributed by atoms with E-state index in [4.69, 9.17) is 17.3 Å². The molecule has 2 N–H and O–H groups in total. The van der Waals surface area contributed by atoms with Gasteiger partial charge in [0.25, 0.3) is 0 Å². The second kappa shape index (κ2) is 5.40. The number of halogens is 1. The Morgan fingerprint density at radius 1 is 1.40 bits per heavy atom. The van der Waals surface area contributed by atoms with Crippen molar-refractivity contribution in [2.45, 2.75) is 39.2 Å². The predicted octanol–water partition coefficient (Wildman–Crippen LogP) is 2.13. The van der Waals surface area contributed by atoms with Gasteiger partial charge in [0, 0.05) is 24.4 Å². The summed E-state index contributed by atoms with van der Waals surface area (Å²) in [4.78, 5) is 20.5. The van der Waals surface area contributed by atoms with Gasteiger partial charge in [-0.1, -0.05) is 0 Å². The first-order valence-corrected chi connectivity index (χ1v) is 7.08. The first-order valence-electron chi connectivity index (χ1n) is 6.55. The topological polar surface area (TPSA) is 73.8 Å². The number of primary amides is 1. The van der Waals surface area contributed by atoms with E-state index < -0.39 is 5.54 Å². The Bertz CT molecular complexity index is 648. The van der Waals surface area contributed by atoms with Gasteiger partial charge >= 0.3 is 0 Å². The van der Waals surface area contributed by atoms with Crippen LogP contribution in [-0.2, 0) is 16.8 Å². The summed E-state index contributed by atoms with van der Waals surface area (Å²) in [5.74, 6) is 0.954. The SMILES string of the molecule is Cc1ccc2nc(CCCl)n(C(C)(C)CC(N)=O)c2n1. The molecule has 0 aliphatic carbocycles. The number of alkyl halides is 1. The largest absolute Gasteiger partial charge is 0.370 e. The summed E-state index contributed by atoms with van der Waals surface area (Å²) in [7, 11) is 0. The molecule has 0 aliphatic heterocycles. The van der Waals surface area contributed by atoms with Crippen LogP contribution in [0.4, 0.5) is 0 Å². The van der Waals surface area contributed by atoms with Gasteiger partial charge in [0.15, 0.2) is 5.65 Å². The van der Waals surface area contributed by atoms with Crippen molar-refractivity contribution < 1.29 is 4.79 Å². The molecule has 0 aliphatic rings. The molecule has 0 saturated carbocycles. The Balaban J connectivity index is 2.66. The number of amides is 1. The van der Waals surface area contributed by atoms with Crippen molar-refractivity contribution >= 4 is 28.7 Å². The number of hydrogen-bond donors (Lipinski definition) is 1. The summed E-state index contributed by atoms with van der Waals surface area (Å²) in [6.07, 6.45) is 0.850. The van der Waals surface area contributed by atoms with Crippen LogP contribution in [0, 0.1) is 6.92 Å². The van der Waals surface area contributed by atoms with E-state index in [0.717, 1.165) is 22.7 Å². The number of carbonyl (C=O) groups excluding carboxylic acids is 1. The first kappa shape index (κ1) is 14.8. The van der Waals surface area contributed by atoms with E-state index in [1.165, 1.54) is 0 Å². The van der Waals surface area contributed by atoms with E-state index in [1.807, 2.05) is 37.5 Å². The number of aromatic nitrogens is 3. The van der Waals surface area contributed by atoms with Gasteiger partial charge in [-0.15, -0.1) is 11.6 Å². The van der Waals surface area contributed by atoms with Crippen molar-refractivity contribution in [3.63, 3.8) is 0 Å². The van der Waals surface area contributed by atoms with Crippen LogP contribution in [0.25, 0.3) is 11.2 Å². The van der Waals surface area contributed by atoms with Crippen molar-refractivity contribution in [1.82, 2.24) is 14.5 Å². The first-order chi connectivity index (χ1) is 9.35. The summed E-state index contributed by atoms with van der Waals surface area (Å²) in [6, 6.07) is 3.86. The Labute approximate surface area is 123 Å². The van der Waals surface area contributed by atoms with E-state index in [-0.39, 0.29) is 12.3 Å². The van der Waals surface area contributed by atoms with Crippen LogP contribution in [0.1, 0.15) is 31.8 Å². The number of nitrogens with zero attached hydrogens (tertiary/aromatic N) is 3. The zero-order chi connectivity index (χ0) is 14.9. The third kappa shape index (κ3) is 2.77. The normalized spacial score (nSPS) is 12.0. The van der Waals surface area contributed by atoms with E-state index >= 15 is 0 Å². The molecule has 0 saturated heterocycles. The number of imidazole rings is 1. The van der Waals surface area contributed by atoms with Crippen molar-refractivity contribution in [2.75, 3.05) is 5.88 Å². The van der Waals surface area contributed by atoms with Gasteiger partial charge in [-0.25, -0.2) is 9.97 Å². The Kier molecular flexibility index (Phi) is 3.99. The van der Waals surface area contributed by atoms with E-state index in [0.29, 0.717) is 12.3 Å². The van der Waals surface area contributed by atoms with Crippen molar-refractivity contribution in [3.8, 4) is 0 Å². The number of rotatable bonds is 5. The summed E-state index contributed by atoms with van der Waals surface area (Å²) >= 11 is 5.86. The second-order valence-electron chi connectivity index (χ2n) is 5.55.